The summed E-state index contributed by atoms with van der Waals surface area (Å²) >= 11 is 18.3. The summed E-state index contributed by atoms with van der Waals surface area (Å²) in [5.74, 6) is -0.738. The molecule has 3 rings (SSSR count). The molecule has 1 aliphatic rings. The van der Waals surface area contributed by atoms with Crippen molar-refractivity contribution < 1.29 is 18.0 Å². The molecule has 0 unspecified atom stereocenters. The second-order valence-electron chi connectivity index (χ2n) is 7.22. The van der Waals surface area contributed by atoms with Crippen LogP contribution in [0.25, 0.3) is 11.0 Å². The predicted molar refractivity (Wildman–Crippen MR) is 108 cm³/mol. The SMILES string of the molecule is CC(C)C(=O)N(CC(F)(F)F)[C@H]1CCN(c2nc3cc(Cl)c(Cl)cc3nc2Cl)C1. The Morgan fingerprint density at radius 1 is 1.21 bits per heavy atom. The molecule has 2 aromatic rings. The van der Waals surface area contributed by atoms with Crippen LogP contribution in [0.15, 0.2) is 12.1 Å². The first kappa shape index (κ1) is 22.2. The van der Waals surface area contributed by atoms with E-state index in [2.05, 4.69) is 9.97 Å². The Morgan fingerprint density at radius 2 is 1.79 bits per heavy atom. The maximum Gasteiger partial charge on any atom is 0.406 e. The molecule has 0 spiro atoms. The number of benzene rings is 1. The van der Waals surface area contributed by atoms with Crippen molar-refractivity contribution in [3.8, 4) is 0 Å². The maximum absolute atomic E-state index is 13.0. The van der Waals surface area contributed by atoms with Crippen LogP contribution in [0.5, 0.6) is 0 Å². The van der Waals surface area contributed by atoms with Crippen molar-refractivity contribution in [2.24, 2.45) is 5.92 Å². The molecule has 5 nitrogen and oxygen atoms in total. The first-order chi connectivity index (χ1) is 13.5. The Balaban J connectivity index is 1.88. The molecule has 1 aromatic carbocycles. The third kappa shape index (κ3) is 4.98. The molecule has 1 aromatic heterocycles. The first-order valence-corrected chi connectivity index (χ1v) is 10.0. The molecule has 2 heterocycles. The van der Waals surface area contributed by atoms with Crippen molar-refractivity contribution in [1.29, 1.82) is 0 Å². The fourth-order valence-electron chi connectivity index (χ4n) is 3.32. The third-order valence-electron chi connectivity index (χ3n) is 4.68. The number of nitrogens with zero attached hydrogens (tertiary/aromatic N) is 4. The fraction of sp³-hybridized carbons (Fsp3) is 0.500. The number of fused-ring (bicyclic) bond motifs is 1. The van der Waals surface area contributed by atoms with Crippen LogP contribution in [0.2, 0.25) is 15.2 Å². The zero-order valence-electron chi connectivity index (χ0n) is 15.6. The van der Waals surface area contributed by atoms with Crippen molar-refractivity contribution >= 4 is 57.6 Å². The quantitative estimate of drug-likeness (QED) is 0.616. The number of aromatic nitrogens is 2. The van der Waals surface area contributed by atoms with E-state index < -0.39 is 30.6 Å². The second-order valence-corrected chi connectivity index (χ2v) is 8.39. The average molecular weight is 470 g/mol. The van der Waals surface area contributed by atoms with Gasteiger partial charge >= 0.3 is 6.18 Å². The van der Waals surface area contributed by atoms with Crippen LogP contribution in [-0.4, -0.2) is 52.6 Å². The number of alkyl halides is 3. The summed E-state index contributed by atoms with van der Waals surface area (Å²) in [5, 5.41) is 0.725. The van der Waals surface area contributed by atoms with Crippen LogP contribution in [0, 0.1) is 5.92 Å². The van der Waals surface area contributed by atoms with Gasteiger partial charge in [0.2, 0.25) is 5.91 Å². The van der Waals surface area contributed by atoms with Crippen molar-refractivity contribution in [2.75, 3.05) is 24.5 Å². The van der Waals surface area contributed by atoms with Crippen molar-refractivity contribution in [1.82, 2.24) is 14.9 Å². The van der Waals surface area contributed by atoms with Crippen molar-refractivity contribution in [3.63, 3.8) is 0 Å². The van der Waals surface area contributed by atoms with Crippen LogP contribution in [0.1, 0.15) is 20.3 Å². The molecule has 0 N–H and O–H groups in total. The number of hydrogen-bond acceptors (Lipinski definition) is 4. The molecule has 0 saturated carbocycles. The Kier molecular flexibility index (Phi) is 6.36. The highest BCUT2D eigenvalue weighted by atomic mass is 35.5. The molecule has 0 bridgehead atoms. The average Bonchev–Trinajstić information content (AvgIpc) is 3.09. The van der Waals surface area contributed by atoms with E-state index in [1.54, 1.807) is 30.9 Å². The summed E-state index contributed by atoms with van der Waals surface area (Å²) in [6.07, 6.45) is -4.11. The van der Waals surface area contributed by atoms with Gasteiger partial charge in [-0.25, -0.2) is 9.97 Å². The molecule has 29 heavy (non-hydrogen) atoms. The Morgan fingerprint density at radius 3 is 2.34 bits per heavy atom. The van der Waals surface area contributed by atoms with Gasteiger partial charge in [-0.1, -0.05) is 48.7 Å². The lowest BCUT2D eigenvalue weighted by Crippen LogP contribution is -2.48. The number of amides is 1. The molecular weight excluding hydrogens is 452 g/mol. The van der Waals surface area contributed by atoms with Crippen LogP contribution in [-0.2, 0) is 4.79 Å². The summed E-state index contributed by atoms with van der Waals surface area (Å²) in [5.41, 5.74) is 0.922. The maximum atomic E-state index is 13.0. The van der Waals surface area contributed by atoms with Crippen molar-refractivity contribution in [3.05, 3.63) is 27.3 Å². The van der Waals surface area contributed by atoms with Gasteiger partial charge in [0.25, 0.3) is 0 Å². The normalized spacial score (nSPS) is 17.4. The minimum Gasteiger partial charge on any atom is -0.352 e. The van der Waals surface area contributed by atoms with E-state index in [1.165, 1.54) is 0 Å². The van der Waals surface area contributed by atoms with Gasteiger partial charge in [0, 0.05) is 19.0 Å². The van der Waals surface area contributed by atoms with E-state index in [0.717, 1.165) is 4.90 Å². The van der Waals surface area contributed by atoms with Gasteiger partial charge in [-0.2, -0.15) is 13.2 Å². The standard InChI is InChI=1S/C18H18Cl3F3N4O/c1-9(2)17(29)28(8-18(22,23)24)10-3-4-27(7-10)16-15(21)25-13-5-11(19)12(20)6-14(13)26-16/h5-6,9-10H,3-4,7-8H2,1-2H3/t10-/m0/s1. The zero-order chi connectivity index (χ0) is 21.5. The molecule has 1 aliphatic heterocycles. The number of hydrogen-bond donors (Lipinski definition) is 0. The smallest absolute Gasteiger partial charge is 0.352 e. The van der Waals surface area contributed by atoms with Crippen LogP contribution in [0.4, 0.5) is 19.0 Å². The summed E-state index contributed by atoms with van der Waals surface area (Å²) in [7, 11) is 0. The molecule has 0 aliphatic carbocycles. The van der Waals surface area contributed by atoms with Gasteiger partial charge in [0.15, 0.2) is 11.0 Å². The van der Waals surface area contributed by atoms with E-state index >= 15 is 0 Å². The molecular formula is C18H18Cl3F3N4O. The largest absolute Gasteiger partial charge is 0.406 e. The molecule has 0 radical (unpaired) electrons. The molecule has 1 atom stereocenters. The first-order valence-electron chi connectivity index (χ1n) is 8.90. The highest BCUT2D eigenvalue weighted by Gasteiger charge is 2.40. The van der Waals surface area contributed by atoms with Gasteiger partial charge < -0.3 is 9.80 Å². The predicted octanol–water partition coefficient (Wildman–Crippen LogP) is 5.22. The minimum absolute atomic E-state index is 0.106. The lowest BCUT2D eigenvalue weighted by atomic mass is 10.1. The zero-order valence-corrected chi connectivity index (χ0v) is 17.9. The van der Waals surface area contributed by atoms with Gasteiger partial charge in [-0.15, -0.1) is 0 Å². The van der Waals surface area contributed by atoms with Crippen LogP contribution in [0.3, 0.4) is 0 Å². The lowest BCUT2D eigenvalue weighted by Gasteiger charge is -2.31. The monoisotopic (exact) mass is 468 g/mol. The van der Waals surface area contributed by atoms with Gasteiger partial charge in [-0.05, 0) is 18.6 Å². The molecule has 158 valence electrons. The van der Waals surface area contributed by atoms with Gasteiger partial charge in [0.1, 0.15) is 6.54 Å². The van der Waals surface area contributed by atoms with E-state index in [4.69, 9.17) is 34.8 Å². The summed E-state index contributed by atoms with van der Waals surface area (Å²) in [6.45, 7) is 2.45. The molecule has 11 heteroatoms. The van der Waals surface area contributed by atoms with E-state index in [0.29, 0.717) is 39.9 Å². The van der Waals surface area contributed by atoms with Crippen LogP contribution < -0.4 is 4.90 Å². The topological polar surface area (TPSA) is 49.3 Å². The molecule has 1 fully saturated rings. The Bertz CT molecular complexity index is 939. The van der Waals surface area contributed by atoms with Crippen molar-refractivity contribution in [2.45, 2.75) is 32.5 Å². The lowest BCUT2D eigenvalue weighted by molar-refractivity contribution is -0.167. The highest BCUT2D eigenvalue weighted by molar-refractivity contribution is 6.42. The Labute approximate surface area is 180 Å². The molecule has 1 amide bonds. The van der Waals surface area contributed by atoms with Gasteiger partial charge in [-0.3, -0.25) is 4.79 Å². The number of carbonyl (C=O) groups excluding carboxylic acids is 1. The molecule has 1 saturated heterocycles. The van der Waals surface area contributed by atoms with E-state index in [9.17, 15) is 18.0 Å². The highest BCUT2D eigenvalue weighted by Crippen LogP contribution is 2.33. The van der Waals surface area contributed by atoms with Gasteiger partial charge in [0.05, 0.1) is 27.1 Å². The van der Waals surface area contributed by atoms with E-state index in [1.807, 2.05) is 0 Å². The fourth-order valence-corrected chi connectivity index (χ4v) is 3.89. The summed E-state index contributed by atoms with van der Waals surface area (Å²) in [6, 6.07) is 2.49. The number of halogens is 6. The second kappa shape index (κ2) is 8.32. The minimum atomic E-state index is -4.48. The summed E-state index contributed by atoms with van der Waals surface area (Å²) in [4.78, 5) is 23.8. The number of carbonyl (C=O) groups is 1. The number of anilines is 1. The van der Waals surface area contributed by atoms with Crippen LogP contribution >= 0.6 is 34.8 Å². The van der Waals surface area contributed by atoms with E-state index in [-0.39, 0.29) is 11.7 Å². The summed E-state index contributed by atoms with van der Waals surface area (Å²) < 4.78 is 39.1. The Hall–Kier alpha value is -1.51. The third-order valence-corrected chi connectivity index (χ3v) is 5.65. The number of rotatable bonds is 4.